The molecule has 0 amide bonds. The Bertz CT molecular complexity index is 845. The summed E-state index contributed by atoms with van der Waals surface area (Å²) < 4.78 is 39.3. The molecule has 0 radical (unpaired) electrons. The maximum Gasteiger partial charge on any atom is 0.418 e. The van der Waals surface area contributed by atoms with Crippen LogP contribution < -0.4 is 0 Å². The number of nitrogens with zero attached hydrogens (tertiary/aromatic N) is 2. The highest BCUT2D eigenvalue weighted by atomic mass is 19.4. The summed E-state index contributed by atoms with van der Waals surface area (Å²) in [6, 6.07) is 8.45. The number of aromatic nitrogens is 2. The monoisotopic (exact) mass is 302 g/mol. The lowest BCUT2D eigenvalue weighted by Gasteiger charge is -2.12. The molecule has 6 heteroatoms. The Morgan fingerprint density at radius 3 is 2.55 bits per heavy atom. The maximum absolute atomic E-state index is 13.1. The number of fused-ring (bicyclic) bond motifs is 1. The molecule has 0 spiro atoms. The first-order valence-corrected chi connectivity index (χ1v) is 6.37. The van der Waals surface area contributed by atoms with Crippen molar-refractivity contribution in [3.8, 4) is 11.3 Å². The molecule has 0 saturated heterocycles. The van der Waals surface area contributed by atoms with Crippen LogP contribution in [0.5, 0.6) is 0 Å². The first kappa shape index (κ1) is 14.2. The van der Waals surface area contributed by atoms with Gasteiger partial charge < -0.3 is 0 Å². The van der Waals surface area contributed by atoms with Crippen LogP contribution in [0.25, 0.3) is 22.2 Å². The number of para-hydroxylation sites is 1. The lowest BCUT2D eigenvalue weighted by atomic mass is 10.0. The van der Waals surface area contributed by atoms with Gasteiger partial charge in [0.15, 0.2) is 6.29 Å². The first-order valence-electron chi connectivity index (χ1n) is 6.37. The van der Waals surface area contributed by atoms with Gasteiger partial charge >= 0.3 is 6.18 Å². The molecule has 0 atom stereocenters. The Balaban J connectivity index is 2.36. The molecule has 2 heterocycles. The number of hydrogen-bond donors (Lipinski definition) is 0. The molecule has 0 fully saturated rings. The van der Waals surface area contributed by atoms with Gasteiger partial charge in [0.05, 0.1) is 16.8 Å². The lowest BCUT2D eigenvalue weighted by molar-refractivity contribution is -0.136. The van der Waals surface area contributed by atoms with Crippen molar-refractivity contribution < 1.29 is 18.0 Å². The van der Waals surface area contributed by atoms with E-state index < -0.39 is 11.7 Å². The third-order valence-corrected chi connectivity index (χ3v) is 3.24. The number of hydrogen-bond acceptors (Lipinski definition) is 3. The van der Waals surface area contributed by atoms with Gasteiger partial charge in [-0.3, -0.25) is 9.78 Å². The van der Waals surface area contributed by atoms with Crippen LogP contribution in [0.3, 0.4) is 0 Å². The Kier molecular flexibility index (Phi) is 3.36. The van der Waals surface area contributed by atoms with Crippen LogP contribution >= 0.6 is 0 Å². The van der Waals surface area contributed by atoms with Gasteiger partial charge in [0.1, 0.15) is 0 Å². The van der Waals surface area contributed by atoms with Crippen molar-refractivity contribution in [2.75, 3.05) is 0 Å². The van der Waals surface area contributed by atoms with Gasteiger partial charge in [-0.1, -0.05) is 12.1 Å². The van der Waals surface area contributed by atoms with Gasteiger partial charge in [-0.2, -0.15) is 13.2 Å². The number of rotatable bonds is 2. The van der Waals surface area contributed by atoms with E-state index in [0.29, 0.717) is 11.8 Å². The van der Waals surface area contributed by atoms with E-state index >= 15 is 0 Å². The quantitative estimate of drug-likeness (QED) is 0.668. The molecule has 3 rings (SSSR count). The first-order chi connectivity index (χ1) is 10.5. The van der Waals surface area contributed by atoms with Crippen LogP contribution in [0.4, 0.5) is 13.2 Å². The summed E-state index contributed by atoms with van der Waals surface area (Å²) >= 11 is 0. The summed E-state index contributed by atoms with van der Waals surface area (Å²) in [5.41, 5.74) is -0.109. The Labute approximate surface area is 123 Å². The SMILES string of the molecule is O=Cc1cc2cccc(C(F)(F)F)c2nc1-c1cccnc1. The average Bonchev–Trinajstić information content (AvgIpc) is 2.52. The van der Waals surface area contributed by atoms with Gasteiger partial charge in [-0.05, 0) is 24.3 Å². The fourth-order valence-corrected chi connectivity index (χ4v) is 2.27. The number of halogens is 3. The molecule has 3 nitrogen and oxygen atoms in total. The minimum atomic E-state index is -4.51. The predicted molar refractivity (Wildman–Crippen MR) is 75.4 cm³/mol. The summed E-state index contributed by atoms with van der Waals surface area (Å²) in [7, 11) is 0. The van der Waals surface area contributed by atoms with Crippen LogP contribution in [-0.4, -0.2) is 16.3 Å². The van der Waals surface area contributed by atoms with Gasteiger partial charge in [0, 0.05) is 28.9 Å². The number of benzene rings is 1. The van der Waals surface area contributed by atoms with E-state index in [-0.39, 0.29) is 22.2 Å². The molecule has 0 aliphatic carbocycles. The summed E-state index contributed by atoms with van der Waals surface area (Å²) in [5, 5.41) is 0.268. The van der Waals surface area contributed by atoms with E-state index in [4.69, 9.17) is 0 Å². The van der Waals surface area contributed by atoms with Crippen LogP contribution in [0.15, 0.2) is 48.8 Å². The minimum absolute atomic E-state index is 0.181. The highest BCUT2D eigenvalue weighted by Gasteiger charge is 2.33. The van der Waals surface area contributed by atoms with Crippen molar-refractivity contribution in [1.82, 2.24) is 9.97 Å². The Hall–Kier alpha value is -2.76. The molecule has 0 aliphatic rings. The third kappa shape index (κ3) is 2.43. The number of pyridine rings is 2. The number of aldehydes is 1. The number of carbonyl (C=O) groups is 1. The molecule has 110 valence electrons. The van der Waals surface area contributed by atoms with Crippen molar-refractivity contribution in [1.29, 1.82) is 0 Å². The van der Waals surface area contributed by atoms with Crippen LogP contribution in [-0.2, 0) is 6.18 Å². The second kappa shape index (κ2) is 5.22. The zero-order valence-electron chi connectivity index (χ0n) is 11.1. The van der Waals surface area contributed by atoms with E-state index in [1.807, 2.05) is 0 Å². The topological polar surface area (TPSA) is 42.9 Å². The molecule has 2 aromatic heterocycles. The molecule has 22 heavy (non-hydrogen) atoms. The zero-order chi connectivity index (χ0) is 15.7. The molecular formula is C16H9F3N2O. The van der Waals surface area contributed by atoms with Crippen LogP contribution in [0.2, 0.25) is 0 Å². The van der Waals surface area contributed by atoms with E-state index in [0.717, 1.165) is 6.07 Å². The number of alkyl halides is 3. The largest absolute Gasteiger partial charge is 0.418 e. The van der Waals surface area contributed by atoms with Gasteiger partial charge in [0.25, 0.3) is 0 Å². The Morgan fingerprint density at radius 2 is 1.91 bits per heavy atom. The molecule has 0 saturated carbocycles. The average molecular weight is 302 g/mol. The van der Waals surface area contributed by atoms with E-state index in [1.54, 1.807) is 12.1 Å². The molecule has 0 aliphatic heterocycles. The number of carbonyl (C=O) groups excluding carboxylic acids is 1. The van der Waals surface area contributed by atoms with Crippen molar-refractivity contribution in [2.24, 2.45) is 0 Å². The molecule has 0 bridgehead atoms. The smallest absolute Gasteiger partial charge is 0.298 e. The third-order valence-electron chi connectivity index (χ3n) is 3.24. The van der Waals surface area contributed by atoms with Gasteiger partial charge in [0.2, 0.25) is 0 Å². The summed E-state index contributed by atoms with van der Waals surface area (Å²) in [4.78, 5) is 19.2. The highest BCUT2D eigenvalue weighted by molar-refractivity contribution is 5.94. The minimum Gasteiger partial charge on any atom is -0.298 e. The molecular weight excluding hydrogens is 293 g/mol. The molecule has 0 N–H and O–H groups in total. The highest BCUT2D eigenvalue weighted by Crippen LogP contribution is 2.35. The summed E-state index contributed by atoms with van der Waals surface area (Å²) in [5.74, 6) is 0. The summed E-state index contributed by atoms with van der Waals surface area (Å²) in [6.07, 6.45) is -0.944. The standard InChI is InChI=1S/C16H9F3N2O/c17-16(18,19)13-5-1-3-10-7-12(9-22)14(21-15(10)13)11-4-2-6-20-8-11/h1-9H. The van der Waals surface area contributed by atoms with Crippen LogP contribution in [0.1, 0.15) is 15.9 Å². The van der Waals surface area contributed by atoms with E-state index in [9.17, 15) is 18.0 Å². The van der Waals surface area contributed by atoms with Crippen LogP contribution in [0, 0.1) is 0 Å². The van der Waals surface area contributed by atoms with Crippen molar-refractivity contribution in [2.45, 2.75) is 6.18 Å². The predicted octanol–water partition coefficient (Wildman–Crippen LogP) is 4.13. The summed E-state index contributed by atoms with van der Waals surface area (Å²) in [6.45, 7) is 0. The lowest BCUT2D eigenvalue weighted by Crippen LogP contribution is -2.07. The fraction of sp³-hybridized carbons (Fsp3) is 0.0625. The van der Waals surface area contributed by atoms with Crippen molar-refractivity contribution in [3.05, 3.63) is 59.9 Å². The second-order valence-corrected chi connectivity index (χ2v) is 4.66. The second-order valence-electron chi connectivity index (χ2n) is 4.66. The normalized spacial score (nSPS) is 11.6. The Morgan fingerprint density at radius 1 is 1.09 bits per heavy atom. The fourth-order valence-electron chi connectivity index (χ4n) is 2.27. The van der Waals surface area contributed by atoms with Crippen molar-refractivity contribution >= 4 is 17.2 Å². The van der Waals surface area contributed by atoms with Gasteiger partial charge in [-0.15, -0.1) is 0 Å². The molecule has 0 unspecified atom stereocenters. The maximum atomic E-state index is 13.1. The molecule has 3 aromatic rings. The zero-order valence-corrected chi connectivity index (χ0v) is 11.1. The molecule has 1 aromatic carbocycles. The van der Waals surface area contributed by atoms with E-state index in [2.05, 4.69) is 9.97 Å². The van der Waals surface area contributed by atoms with Gasteiger partial charge in [-0.25, -0.2) is 4.98 Å². The van der Waals surface area contributed by atoms with E-state index in [1.165, 1.54) is 30.6 Å². The van der Waals surface area contributed by atoms with Crippen molar-refractivity contribution in [3.63, 3.8) is 0 Å².